The minimum Gasteiger partial charge on any atom is -0.373 e. The Balaban J connectivity index is 1.87. The quantitative estimate of drug-likeness (QED) is 0.604. The number of morpholine rings is 1. The zero-order valence-corrected chi connectivity index (χ0v) is 17.2. The molecule has 0 bridgehead atoms. The number of rotatable bonds is 7. The molecule has 28 heavy (non-hydrogen) atoms. The molecule has 2 rings (SSSR count). The second kappa shape index (κ2) is 9.85. The van der Waals surface area contributed by atoms with Gasteiger partial charge in [0.05, 0.1) is 24.4 Å². The summed E-state index contributed by atoms with van der Waals surface area (Å²) >= 11 is 0. The van der Waals surface area contributed by atoms with Gasteiger partial charge in [-0.05, 0) is 25.5 Å². The van der Waals surface area contributed by atoms with Gasteiger partial charge in [0.25, 0.3) is 0 Å². The number of anilines is 1. The summed E-state index contributed by atoms with van der Waals surface area (Å²) in [7, 11) is -1.94. The fraction of sp³-hybridized carbons (Fsp3) is 0.556. The molecule has 0 spiro atoms. The number of urea groups is 1. The first-order valence-corrected chi connectivity index (χ1v) is 10.8. The Labute approximate surface area is 165 Å². The van der Waals surface area contributed by atoms with Crippen LogP contribution in [0.4, 0.5) is 10.5 Å². The maximum absolute atomic E-state index is 12.5. The van der Waals surface area contributed by atoms with Crippen molar-refractivity contribution in [2.75, 3.05) is 37.8 Å². The summed E-state index contributed by atoms with van der Waals surface area (Å²) in [6.07, 6.45) is -0.187. The number of amides is 3. The van der Waals surface area contributed by atoms with Crippen LogP contribution in [0.15, 0.2) is 24.3 Å². The van der Waals surface area contributed by atoms with Gasteiger partial charge in [-0.3, -0.25) is 4.79 Å². The van der Waals surface area contributed by atoms with Gasteiger partial charge < -0.3 is 20.7 Å². The first kappa shape index (κ1) is 22.1. The van der Waals surface area contributed by atoms with Gasteiger partial charge in [-0.1, -0.05) is 18.2 Å². The number of carbonyl (C=O) groups excluding carboxylic acids is 2. The van der Waals surface area contributed by atoms with Crippen LogP contribution in [-0.4, -0.2) is 69.3 Å². The van der Waals surface area contributed by atoms with E-state index in [0.29, 0.717) is 24.3 Å². The average Bonchev–Trinajstić information content (AvgIpc) is 2.62. The zero-order chi connectivity index (χ0) is 20.7. The summed E-state index contributed by atoms with van der Waals surface area (Å²) in [5, 5.41) is 7.75. The van der Waals surface area contributed by atoms with Crippen LogP contribution in [0.5, 0.6) is 0 Å². The standard InChI is InChI=1S/C18H28N4O5S/c1-13-11-22(12-14(2)27-13)28(25,26)9-8-20-18(24)21-16-7-5-4-6-15(16)10-17(23)19-3/h4-7,13-14H,8-12H2,1-3H3,(H,19,23)(H2,20,21,24). The molecule has 1 fully saturated rings. The molecule has 1 aromatic rings. The lowest BCUT2D eigenvalue weighted by Crippen LogP contribution is -2.49. The molecule has 0 aliphatic carbocycles. The molecular formula is C18H28N4O5S. The van der Waals surface area contributed by atoms with Crippen molar-refractivity contribution in [2.45, 2.75) is 32.5 Å². The van der Waals surface area contributed by atoms with E-state index in [1.54, 1.807) is 31.3 Å². The van der Waals surface area contributed by atoms with E-state index in [-0.39, 0.29) is 36.8 Å². The van der Waals surface area contributed by atoms with Gasteiger partial charge in [0, 0.05) is 32.4 Å². The van der Waals surface area contributed by atoms with Crippen molar-refractivity contribution in [3.05, 3.63) is 29.8 Å². The number of sulfonamides is 1. The van der Waals surface area contributed by atoms with Crippen LogP contribution in [0.3, 0.4) is 0 Å². The van der Waals surface area contributed by atoms with Crippen molar-refractivity contribution in [1.82, 2.24) is 14.9 Å². The highest BCUT2D eigenvalue weighted by Gasteiger charge is 2.30. The van der Waals surface area contributed by atoms with Crippen molar-refractivity contribution in [3.8, 4) is 0 Å². The largest absolute Gasteiger partial charge is 0.373 e. The molecule has 0 radical (unpaired) electrons. The van der Waals surface area contributed by atoms with E-state index in [4.69, 9.17) is 4.74 Å². The van der Waals surface area contributed by atoms with Gasteiger partial charge in [0.2, 0.25) is 15.9 Å². The Kier molecular flexibility index (Phi) is 7.78. The SMILES string of the molecule is CNC(=O)Cc1ccccc1NC(=O)NCCS(=O)(=O)N1CC(C)OC(C)C1. The molecule has 1 aromatic carbocycles. The topological polar surface area (TPSA) is 117 Å². The van der Waals surface area contributed by atoms with Gasteiger partial charge in [0.15, 0.2) is 0 Å². The fourth-order valence-corrected chi connectivity index (χ4v) is 4.50. The van der Waals surface area contributed by atoms with Crippen molar-refractivity contribution >= 4 is 27.6 Å². The molecule has 0 aromatic heterocycles. The van der Waals surface area contributed by atoms with Gasteiger partial charge in [-0.2, -0.15) is 4.31 Å². The number of carbonyl (C=O) groups is 2. The van der Waals surface area contributed by atoms with Gasteiger partial charge in [0.1, 0.15) is 0 Å². The second-order valence-electron chi connectivity index (χ2n) is 6.78. The van der Waals surface area contributed by atoms with Crippen molar-refractivity contribution < 1.29 is 22.7 Å². The molecule has 1 heterocycles. The maximum Gasteiger partial charge on any atom is 0.319 e. The van der Waals surface area contributed by atoms with Crippen LogP contribution in [-0.2, 0) is 26.0 Å². The van der Waals surface area contributed by atoms with Gasteiger partial charge >= 0.3 is 6.03 Å². The summed E-state index contributed by atoms with van der Waals surface area (Å²) in [6.45, 7) is 4.27. The Bertz CT molecular complexity index is 789. The highest BCUT2D eigenvalue weighted by molar-refractivity contribution is 7.89. The first-order chi connectivity index (χ1) is 13.2. The highest BCUT2D eigenvalue weighted by Crippen LogP contribution is 2.16. The monoisotopic (exact) mass is 412 g/mol. The fourth-order valence-electron chi connectivity index (χ4n) is 3.00. The lowest BCUT2D eigenvalue weighted by molar-refractivity contribution is -0.119. The Morgan fingerprint density at radius 3 is 2.46 bits per heavy atom. The maximum atomic E-state index is 12.5. The van der Waals surface area contributed by atoms with E-state index in [2.05, 4.69) is 16.0 Å². The second-order valence-corrected chi connectivity index (χ2v) is 8.87. The average molecular weight is 413 g/mol. The number of nitrogens with zero attached hydrogens (tertiary/aromatic N) is 1. The van der Waals surface area contributed by atoms with Crippen LogP contribution in [0.25, 0.3) is 0 Å². The number of ether oxygens (including phenoxy) is 1. The summed E-state index contributed by atoms with van der Waals surface area (Å²) in [5.41, 5.74) is 1.17. The number of para-hydroxylation sites is 1. The highest BCUT2D eigenvalue weighted by atomic mass is 32.2. The normalized spacial score (nSPS) is 20.4. The van der Waals surface area contributed by atoms with Crippen LogP contribution in [0.1, 0.15) is 19.4 Å². The Morgan fingerprint density at radius 1 is 1.18 bits per heavy atom. The molecule has 2 atom stereocenters. The van der Waals surface area contributed by atoms with Gasteiger partial charge in [-0.25, -0.2) is 13.2 Å². The first-order valence-electron chi connectivity index (χ1n) is 9.18. The predicted octanol–water partition coefficient (Wildman–Crippen LogP) is 0.536. The van der Waals surface area contributed by atoms with Crippen molar-refractivity contribution in [2.24, 2.45) is 0 Å². The number of nitrogens with one attached hydrogen (secondary N) is 3. The number of likely N-dealkylation sites (N-methyl/N-ethyl adjacent to an activating group) is 1. The minimum atomic E-state index is -3.49. The molecule has 0 saturated carbocycles. The number of hydrogen-bond acceptors (Lipinski definition) is 5. The van der Waals surface area contributed by atoms with Crippen LogP contribution < -0.4 is 16.0 Å². The van der Waals surface area contributed by atoms with E-state index in [1.165, 1.54) is 4.31 Å². The van der Waals surface area contributed by atoms with E-state index < -0.39 is 16.1 Å². The molecule has 1 saturated heterocycles. The van der Waals surface area contributed by atoms with Crippen LogP contribution in [0.2, 0.25) is 0 Å². The smallest absolute Gasteiger partial charge is 0.319 e. The predicted molar refractivity (Wildman–Crippen MR) is 107 cm³/mol. The Hall–Kier alpha value is -2.17. The van der Waals surface area contributed by atoms with Crippen molar-refractivity contribution in [3.63, 3.8) is 0 Å². The van der Waals surface area contributed by atoms with Crippen LogP contribution >= 0.6 is 0 Å². The molecule has 156 valence electrons. The molecule has 9 nitrogen and oxygen atoms in total. The van der Waals surface area contributed by atoms with E-state index in [0.717, 1.165) is 0 Å². The lowest BCUT2D eigenvalue weighted by atomic mass is 10.1. The van der Waals surface area contributed by atoms with E-state index in [9.17, 15) is 18.0 Å². The molecule has 3 N–H and O–H groups in total. The van der Waals surface area contributed by atoms with E-state index in [1.807, 2.05) is 13.8 Å². The summed E-state index contributed by atoms with van der Waals surface area (Å²) in [6, 6.07) is 6.43. The zero-order valence-electron chi connectivity index (χ0n) is 16.4. The summed E-state index contributed by atoms with van der Waals surface area (Å²) in [5.74, 6) is -0.366. The molecule has 1 aliphatic rings. The van der Waals surface area contributed by atoms with E-state index >= 15 is 0 Å². The number of benzene rings is 1. The summed E-state index contributed by atoms with van der Waals surface area (Å²) in [4.78, 5) is 23.7. The van der Waals surface area contributed by atoms with Crippen LogP contribution in [0, 0.1) is 0 Å². The third-order valence-corrected chi connectivity index (χ3v) is 6.13. The molecule has 10 heteroatoms. The molecule has 1 aliphatic heterocycles. The molecule has 2 unspecified atom stereocenters. The molecular weight excluding hydrogens is 384 g/mol. The third kappa shape index (κ3) is 6.47. The Morgan fingerprint density at radius 2 is 1.82 bits per heavy atom. The number of hydrogen-bond donors (Lipinski definition) is 3. The minimum absolute atomic E-state index is 0.0219. The summed E-state index contributed by atoms with van der Waals surface area (Å²) < 4.78 is 31.9. The lowest BCUT2D eigenvalue weighted by Gasteiger charge is -2.34. The van der Waals surface area contributed by atoms with Crippen molar-refractivity contribution in [1.29, 1.82) is 0 Å². The van der Waals surface area contributed by atoms with Gasteiger partial charge in [-0.15, -0.1) is 0 Å². The third-order valence-electron chi connectivity index (χ3n) is 4.32. The molecule has 3 amide bonds.